The van der Waals surface area contributed by atoms with Crippen LogP contribution < -0.4 is 10.0 Å². The van der Waals surface area contributed by atoms with Crippen LogP contribution in [0.5, 0.6) is 5.75 Å². The van der Waals surface area contributed by atoms with E-state index in [-0.39, 0.29) is 7.92 Å². The molecule has 0 amide bonds. The minimum Gasteiger partial charge on any atom is -0.497 e. The van der Waals surface area contributed by atoms with Crippen LogP contribution >= 0.6 is 7.92 Å². The van der Waals surface area contributed by atoms with Crippen LogP contribution in [0.2, 0.25) is 0 Å². The molecule has 0 bridgehead atoms. The average molecular weight is 280 g/mol. The highest BCUT2D eigenvalue weighted by molar-refractivity contribution is 7.65. The first kappa shape index (κ1) is 16.5. The van der Waals surface area contributed by atoms with Crippen molar-refractivity contribution in [2.75, 3.05) is 19.4 Å². The summed E-state index contributed by atoms with van der Waals surface area (Å²) in [4.78, 5) is 0. The first-order valence-electron chi connectivity index (χ1n) is 7.70. The Balaban J connectivity index is 2.58. The van der Waals surface area contributed by atoms with E-state index in [1.54, 1.807) is 12.4 Å². The van der Waals surface area contributed by atoms with Crippen molar-refractivity contribution in [3.63, 3.8) is 0 Å². The molecular formula is C17H29OP. The summed E-state index contributed by atoms with van der Waals surface area (Å²) in [5, 5.41) is 1.56. The van der Waals surface area contributed by atoms with Gasteiger partial charge < -0.3 is 4.74 Å². The van der Waals surface area contributed by atoms with E-state index in [4.69, 9.17) is 4.74 Å². The second kappa shape index (κ2) is 10.3. The van der Waals surface area contributed by atoms with Crippen LogP contribution in [0.1, 0.15) is 52.4 Å². The highest BCUT2D eigenvalue weighted by Gasteiger charge is 2.10. The van der Waals surface area contributed by atoms with Gasteiger partial charge in [-0.1, -0.05) is 59.6 Å². The average Bonchev–Trinajstić information content (AvgIpc) is 2.46. The van der Waals surface area contributed by atoms with Gasteiger partial charge in [0.15, 0.2) is 0 Å². The third-order valence-electron chi connectivity index (χ3n) is 3.50. The van der Waals surface area contributed by atoms with Gasteiger partial charge in [0, 0.05) is 0 Å². The maximum absolute atomic E-state index is 5.25. The summed E-state index contributed by atoms with van der Waals surface area (Å²) in [7, 11) is 1.78. The van der Waals surface area contributed by atoms with E-state index >= 15 is 0 Å². The topological polar surface area (TPSA) is 9.23 Å². The highest BCUT2D eigenvalue weighted by atomic mass is 31.1. The maximum atomic E-state index is 5.25. The number of hydrogen-bond acceptors (Lipinski definition) is 1. The Morgan fingerprint density at radius 2 is 1.37 bits per heavy atom. The van der Waals surface area contributed by atoms with Crippen molar-refractivity contribution >= 4 is 13.2 Å². The van der Waals surface area contributed by atoms with Gasteiger partial charge in [-0.3, -0.25) is 0 Å². The van der Waals surface area contributed by atoms with E-state index < -0.39 is 0 Å². The lowest BCUT2D eigenvalue weighted by Gasteiger charge is -2.18. The van der Waals surface area contributed by atoms with Gasteiger partial charge in [0.2, 0.25) is 0 Å². The molecule has 0 N–H and O–H groups in total. The Morgan fingerprint density at radius 1 is 0.842 bits per heavy atom. The monoisotopic (exact) mass is 280 g/mol. The van der Waals surface area contributed by atoms with Crippen LogP contribution in [0, 0.1) is 0 Å². The van der Waals surface area contributed by atoms with Gasteiger partial charge in [-0.2, -0.15) is 0 Å². The molecule has 1 rings (SSSR count). The summed E-state index contributed by atoms with van der Waals surface area (Å²) < 4.78 is 5.25. The largest absolute Gasteiger partial charge is 0.497 e. The zero-order valence-corrected chi connectivity index (χ0v) is 13.7. The van der Waals surface area contributed by atoms with Gasteiger partial charge in [-0.05, 0) is 42.6 Å². The zero-order chi connectivity index (χ0) is 13.9. The number of rotatable bonds is 10. The third-order valence-corrected chi connectivity index (χ3v) is 6.24. The summed E-state index contributed by atoms with van der Waals surface area (Å²) in [5.74, 6) is 0.973. The molecule has 0 unspecified atom stereocenters. The van der Waals surface area contributed by atoms with Crippen LogP contribution in [0.25, 0.3) is 0 Å². The molecule has 0 aliphatic heterocycles. The predicted octanol–water partition coefficient (Wildman–Crippen LogP) is 5.18. The van der Waals surface area contributed by atoms with Crippen molar-refractivity contribution in [1.29, 1.82) is 0 Å². The van der Waals surface area contributed by atoms with E-state index in [1.807, 2.05) is 0 Å². The lowest BCUT2D eigenvalue weighted by atomic mass is 10.3. The predicted molar refractivity (Wildman–Crippen MR) is 88.3 cm³/mol. The summed E-state index contributed by atoms with van der Waals surface area (Å²) in [6.07, 6.45) is 11.0. The van der Waals surface area contributed by atoms with Gasteiger partial charge >= 0.3 is 0 Å². The molecule has 0 fully saturated rings. The molecule has 0 heterocycles. The summed E-state index contributed by atoms with van der Waals surface area (Å²) in [6.45, 7) is 4.57. The fourth-order valence-corrected chi connectivity index (χ4v) is 4.79. The number of hydrogen-bond donors (Lipinski definition) is 0. The van der Waals surface area contributed by atoms with Crippen LogP contribution in [0.3, 0.4) is 0 Å². The minimum absolute atomic E-state index is 0.0481. The molecule has 1 aromatic carbocycles. The molecule has 0 saturated heterocycles. The lowest BCUT2D eigenvalue weighted by molar-refractivity contribution is 0.415. The smallest absolute Gasteiger partial charge is 0.118 e. The highest BCUT2D eigenvalue weighted by Crippen LogP contribution is 2.37. The molecule has 0 aliphatic rings. The molecule has 108 valence electrons. The van der Waals surface area contributed by atoms with Gasteiger partial charge in [0.1, 0.15) is 5.75 Å². The molecule has 1 nitrogen and oxygen atoms in total. The van der Waals surface area contributed by atoms with Crippen molar-refractivity contribution < 1.29 is 4.74 Å². The van der Waals surface area contributed by atoms with Gasteiger partial charge in [0.05, 0.1) is 7.11 Å². The Morgan fingerprint density at radius 3 is 1.79 bits per heavy atom. The quantitative estimate of drug-likeness (QED) is 0.423. The molecule has 0 aliphatic carbocycles. The Bertz CT molecular complexity index is 311. The van der Waals surface area contributed by atoms with Crippen molar-refractivity contribution in [2.45, 2.75) is 52.4 Å². The fraction of sp³-hybridized carbons (Fsp3) is 0.647. The molecule has 0 spiro atoms. The molecule has 2 heteroatoms. The second-order valence-corrected chi connectivity index (χ2v) is 7.59. The molecule has 0 radical (unpaired) electrons. The first-order chi connectivity index (χ1) is 9.31. The van der Waals surface area contributed by atoms with Crippen molar-refractivity contribution in [3.05, 3.63) is 24.3 Å². The van der Waals surface area contributed by atoms with Crippen molar-refractivity contribution in [3.8, 4) is 5.75 Å². The standard InChI is InChI=1S/C17H29OP/c1-4-6-8-14-19(15-9-7-5-2)17-12-10-16(18-3)11-13-17/h10-13H,4-9,14-15H2,1-3H3. The molecule has 1 aromatic rings. The summed E-state index contributed by atoms with van der Waals surface area (Å²) >= 11 is 0. The lowest BCUT2D eigenvalue weighted by Crippen LogP contribution is -2.06. The molecule has 0 atom stereocenters. The maximum Gasteiger partial charge on any atom is 0.118 e. The van der Waals surface area contributed by atoms with Gasteiger partial charge in [-0.15, -0.1) is 0 Å². The summed E-state index contributed by atoms with van der Waals surface area (Å²) in [6, 6.07) is 8.79. The van der Waals surface area contributed by atoms with Crippen LogP contribution in [-0.2, 0) is 0 Å². The Kier molecular flexibility index (Phi) is 8.91. The van der Waals surface area contributed by atoms with Crippen LogP contribution in [0.15, 0.2) is 24.3 Å². The fourth-order valence-electron chi connectivity index (χ4n) is 2.27. The van der Waals surface area contributed by atoms with Gasteiger partial charge in [-0.25, -0.2) is 0 Å². The van der Waals surface area contributed by atoms with Crippen LogP contribution in [0.4, 0.5) is 0 Å². The normalized spacial score (nSPS) is 10.9. The molecule has 0 saturated carbocycles. The van der Waals surface area contributed by atoms with Crippen molar-refractivity contribution in [2.24, 2.45) is 0 Å². The van der Waals surface area contributed by atoms with Gasteiger partial charge in [0.25, 0.3) is 0 Å². The van der Waals surface area contributed by atoms with Crippen LogP contribution in [-0.4, -0.2) is 19.4 Å². The van der Waals surface area contributed by atoms with E-state index in [0.717, 1.165) is 5.75 Å². The molecule has 19 heavy (non-hydrogen) atoms. The summed E-state index contributed by atoms with van der Waals surface area (Å²) in [5.41, 5.74) is 0. The number of benzene rings is 1. The van der Waals surface area contributed by atoms with E-state index in [9.17, 15) is 0 Å². The minimum atomic E-state index is 0.0481. The molecular weight excluding hydrogens is 251 g/mol. The van der Waals surface area contributed by atoms with Crippen molar-refractivity contribution in [1.82, 2.24) is 0 Å². The van der Waals surface area contributed by atoms with E-state index in [2.05, 4.69) is 38.1 Å². The number of methoxy groups -OCH3 is 1. The zero-order valence-electron chi connectivity index (χ0n) is 12.8. The Hall–Kier alpha value is -0.550. The number of ether oxygens (including phenoxy) is 1. The first-order valence-corrected chi connectivity index (χ1v) is 9.42. The van der Waals surface area contributed by atoms with E-state index in [0.29, 0.717) is 0 Å². The van der Waals surface area contributed by atoms with E-state index in [1.165, 1.54) is 50.8 Å². The second-order valence-electron chi connectivity index (χ2n) is 5.10. The Labute approximate surface area is 120 Å². The SMILES string of the molecule is CCCCCP(CCCCC)c1ccc(OC)cc1. The molecule has 0 aromatic heterocycles. The third kappa shape index (κ3) is 6.43. The number of unbranched alkanes of at least 4 members (excludes halogenated alkanes) is 4.